The number of ether oxygens (including phenoxy) is 3. The summed E-state index contributed by atoms with van der Waals surface area (Å²) in [4.78, 5) is 38.1. The molecule has 528 valence electrons. The van der Waals surface area contributed by atoms with E-state index in [-0.39, 0.29) is 49.2 Å². The van der Waals surface area contributed by atoms with Gasteiger partial charge in [0.2, 0.25) is 0 Å². The van der Waals surface area contributed by atoms with Gasteiger partial charge in [-0.05, 0) is 71.4 Å². The zero-order valence-electron chi connectivity index (χ0n) is 61.6. The van der Waals surface area contributed by atoms with Gasteiger partial charge < -0.3 is 32.9 Å². The van der Waals surface area contributed by atoms with Gasteiger partial charge in [-0.15, -0.1) is 0 Å². The number of H-pyrrole nitrogens is 2. The molecule has 2 N–H and O–H groups in total. The molecule has 1 unspecified atom stereocenters. The van der Waals surface area contributed by atoms with Gasteiger partial charge in [-0.2, -0.15) is 41.4 Å². The normalized spacial score (nSPS) is 12.3. The molecule has 0 saturated heterocycles. The van der Waals surface area contributed by atoms with Crippen LogP contribution in [0.5, 0.6) is 0 Å². The fraction of sp³-hybridized carbons (Fsp3) is 0.400. The van der Waals surface area contributed by atoms with Crippen LogP contribution in [-0.4, -0.2) is 152 Å². The van der Waals surface area contributed by atoms with Crippen LogP contribution in [0.1, 0.15) is 65.1 Å². The average Bonchev–Trinajstić information content (AvgIpc) is 1.63. The number of nitrogens with zero attached hydrogens (tertiary/aromatic N) is 22. The summed E-state index contributed by atoms with van der Waals surface area (Å²) in [6.07, 6.45) is 33.2. The molecule has 3 atom stereocenters. The van der Waals surface area contributed by atoms with Crippen LogP contribution in [0.2, 0.25) is 77.1 Å². The number of nitrogens with one attached hydrogen (secondary N) is 2. The van der Waals surface area contributed by atoms with E-state index in [1.807, 2.05) is 131 Å². The van der Waals surface area contributed by atoms with E-state index in [2.05, 4.69) is 156 Å². The maximum absolute atomic E-state index is 8.87. The van der Waals surface area contributed by atoms with E-state index < -0.39 is 24.2 Å². The Balaban J connectivity index is 0.000000210. The quantitative estimate of drug-likeness (QED) is 0.0305. The minimum Gasteiger partial charge on any atom is -0.361 e. The Hall–Kier alpha value is -9.33. The van der Waals surface area contributed by atoms with Crippen molar-refractivity contribution >= 4 is 76.7 Å². The van der Waals surface area contributed by atoms with Crippen LogP contribution in [-0.2, 0) is 34.4 Å². The monoisotopic (exact) mass is 1650 g/mol. The SMILES string of the molecule is C/C=C/C#N.CC(CC#N)n1cc(-c2ncnc3c2ccn3COCC[Si](C)(C)C)cn1.C[C@@H](CC#N)n1cc(-c2ncnc3[nH]ccc23)cn1.C[C@@H](CC#N)n1cc(-c2ncnc3c2ccn3COCC[Si](C)(C)C)cn1.C[Si](C)(C)CCOCn1ccc2c(-c3cn[nH]c3)ncnc21.[2H][B].[U]. The second-order valence-electron chi connectivity index (χ2n) is 27.6. The third kappa shape index (κ3) is 23.4. The number of fused-ring (bicyclic) bond motifs is 4. The molecular weight excluding hydrogens is 1560 g/mol. The van der Waals surface area contributed by atoms with Crippen molar-refractivity contribution in [1.29, 1.82) is 22.4 Å². The van der Waals surface area contributed by atoms with Crippen LogP contribution in [0.4, 0.5) is 0 Å². The Labute approximate surface area is 625 Å². The van der Waals surface area contributed by atoms with E-state index in [1.54, 1.807) is 54.5 Å². The van der Waals surface area contributed by atoms with Gasteiger partial charge in [-0.25, -0.2) is 39.9 Å². The predicted octanol–water partition coefficient (Wildman–Crippen LogP) is 14.0. The third-order valence-electron chi connectivity index (χ3n) is 15.9. The number of nitriles is 4. The van der Waals surface area contributed by atoms with E-state index in [1.165, 1.54) is 18.4 Å². The number of aromatic nitrogens is 20. The molecule has 0 spiro atoms. The largest absolute Gasteiger partial charge is 0.361 e. The van der Waals surface area contributed by atoms with Crippen molar-refractivity contribution in [1.82, 2.24) is 98.1 Å². The van der Waals surface area contributed by atoms with Crippen molar-refractivity contribution < 1.29 is 45.3 Å². The van der Waals surface area contributed by atoms with Crippen molar-refractivity contribution in [2.24, 2.45) is 0 Å². The molecule has 12 heterocycles. The summed E-state index contributed by atoms with van der Waals surface area (Å²) in [5, 5.41) is 58.0. The van der Waals surface area contributed by atoms with Gasteiger partial charge >= 0.3 is 0 Å². The molecule has 27 nitrogen and oxygen atoms in total. The van der Waals surface area contributed by atoms with Crippen molar-refractivity contribution in [2.75, 3.05) is 19.8 Å². The van der Waals surface area contributed by atoms with Crippen LogP contribution in [0, 0.1) is 76.4 Å². The summed E-state index contributed by atoms with van der Waals surface area (Å²) in [7, 11) is 0.525. The molecule has 2 radical (unpaired) electrons. The Morgan fingerprint density at radius 2 is 0.853 bits per heavy atom. The van der Waals surface area contributed by atoms with Gasteiger partial charge in [0, 0.05) is 183 Å². The van der Waals surface area contributed by atoms with Crippen LogP contribution in [0.25, 0.3) is 89.2 Å². The molecule has 102 heavy (non-hydrogen) atoms. The van der Waals surface area contributed by atoms with Gasteiger partial charge in [0.25, 0.3) is 0 Å². The van der Waals surface area contributed by atoms with Crippen molar-refractivity contribution in [3.05, 3.63) is 136 Å². The first-order valence-corrected chi connectivity index (χ1v) is 44.3. The fourth-order valence-electron chi connectivity index (χ4n) is 9.98. The number of rotatable bonds is 25. The maximum atomic E-state index is 8.87. The Morgan fingerprint density at radius 1 is 0.500 bits per heavy atom. The summed E-state index contributed by atoms with van der Waals surface area (Å²) >= 11 is 0. The molecule has 0 bridgehead atoms. The van der Waals surface area contributed by atoms with Crippen molar-refractivity contribution in [2.45, 2.75) is 162 Å². The molecule has 12 rings (SSSR count). The fourth-order valence-corrected chi connectivity index (χ4v) is 12.2. The van der Waals surface area contributed by atoms with Crippen LogP contribution in [0.15, 0.2) is 136 Å². The molecule has 0 aliphatic heterocycles. The van der Waals surface area contributed by atoms with E-state index in [9.17, 15) is 0 Å². The summed E-state index contributed by atoms with van der Waals surface area (Å²) in [5.41, 5.74) is 10.6. The van der Waals surface area contributed by atoms with Crippen molar-refractivity contribution in [3.63, 3.8) is 0 Å². The summed E-state index contributed by atoms with van der Waals surface area (Å²) in [5.74, 6) is 0. The summed E-state index contributed by atoms with van der Waals surface area (Å²) in [6.45, 7) is 32.7. The molecule has 0 aliphatic carbocycles. The van der Waals surface area contributed by atoms with Crippen LogP contribution < -0.4 is 0 Å². The summed E-state index contributed by atoms with van der Waals surface area (Å²) < 4.78 is 34.2. The zero-order valence-corrected chi connectivity index (χ0v) is 67.7. The number of hydrogen-bond donors (Lipinski definition) is 2. The maximum Gasteiger partial charge on any atom is 0.145 e. The Bertz CT molecular complexity index is 4610. The molecule has 12 aromatic rings. The van der Waals surface area contributed by atoms with Gasteiger partial charge in [0.05, 0.1) is 109 Å². The van der Waals surface area contributed by atoms with Gasteiger partial charge in [-0.1, -0.05) is 65.0 Å². The Kier molecular flexibility index (Phi) is 30.7. The number of aromatic amines is 2. The molecular formula is C70H91BN24O3Si3U. The first kappa shape index (κ1) is 80.0. The predicted molar refractivity (Wildman–Crippen MR) is 402 cm³/mol. The van der Waals surface area contributed by atoms with Gasteiger partial charge in [0.1, 0.15) is 68.1 Å². The molecule has 0 amide bonds. The van der Waals surface area contributed by atoms with E-state index in [0.717, 1.165) is 121 Å². The molecule has 32 heteroatoms. The molecule has 0 fully saturated rings. The van der Waals surface area contributed by atoms with Crippen LogP contribution in [0.3, 0.4) is 0 Å². The first-order chi connectivity index (χ1) is 49.0. The minimum absolute atomic E-state index is 0. The van der Waals surface area contributed by atoms with Crippen LogP contribution >= 0.6 is 0 Å². The second-order valence-corrected chi connectivity index (χ2v) is 44.5. The molecule has 12 aromatic heterocycles. The standard InChI is InChI=1S/2C19H26N6OSi.C15H21N5OSi.C13H12N6.C4H5N.BH.U/c2*1-15(5-7-20)25-12-16(11-23-25)18-17-6-8-24(19(17)22-13-21-18)14-26-9-10-27(2,3)4;1-22(2,3)7-6-21-11-20-5-4-13-14(12-8-18-19-9-12)16-10-17-15(13)20;1-9(2-4-14)19-7-10(6-18-19)12-11-3-5-15-13(11)17-8-16-12;1-2-3-4-5;;/h2*6,8,11-13,15H,5,9-10,14H2,1-4H3;4-5,8-10H,6-7,11H2,1-3H3,(H,18,19);3,5-9H,2H2,1H3,(H,15,16,17);2-3H,1H3;1H;/b;;;;3-2+;;/t15-;;;9-;;;/m0..0.../s1/i;;;;;1D;. The first-order valence-electron chi connectivity index (χ1n) is 33.8. The second kappa shape index (κ2) is 39.2. The smallest absolute Gasteiger partial charge is 0.145 e. The molecule has 0 aromatic carbocycles. The number of hydrogen-bond acceptors (Lipinski definition) is 19. The van der Waals surface area contributed by atoms with E-state index in [0.29, 0.717) is 39.5 Å². The van der Waals surface area contributed by atoms with E-state index >= 15 is 0 Å². The average molecular weight is 1650 g/mol. The van der Waals surface area contributed by atoms with Crippen molar-refractivity contribution in [3.8, 4) is 69.3 Å². The zero-order chi connectivity index (χ0) is 73.8. The number of allylic oxidation sites excluding steroid dienone is 2. The van der Waals surface area contributed by atoms with Gasteiger partial charge in [0.15, 0.2) is 0 Å². The summed E-state index contributed by atoms with van der Waals surface area (Å²) in [6, 6.07) is 19.9. The topological polar surface area (TPSA) is 339 Å². The molecule has 0 saturated carbocycles. The van der Waals surface area contributed by atoms with Gasteiger partial charge in [-0.3, -0.25) is 19.1 Å². The Morgan fingerprint density at radius 3 is 1.17 bits per heavy atom. The minimum atomic E-state index is -1.09. The third-order valence-corrected chi connectivity index (χ3v) is 21.0. The molecule has 0 aliphatic rings. The van der Waals surface area contributed by atoms with E-state index in [4.69, 9.17) is 36.6 Å².